The number of aromatic nitrogens is 4. The largest absolute Gasteiger partial charge is 0.466 e. The van der Waals surface area contributed by atoms with Crippen LogP contribution in [0.4, 0.5) is 5.13 Å². The second kappa shape index (κ2) is 11.4. The van der Waals surface area contributed by atoms with Gasteiger partial charge in [0.2, 0.25) is 5.91 Å². The number of thioether (sulfide) groups is 1. The molecule has 0 fully saturated rings. The van der Waals surface area contributed by atoms with Crippen LogP contribution in [0.2, 0.25) is 0 Å². The second-order valence-corrected chi connectivity index (χ2v) is 9.37. The van der Waals surface area contributed by atoms with Crippen molar-refractivity contribution >= 4 is 51.4 Å². The van der Waals surface area contributed by atoms with Crippen molar-refractivity contribution in [1.82, 2.24) is 19.7 Å². The highest BCUT2D eigenvalue weighted by atomic mass is 32.2. The third kappa shape index (κ3) is 6.37. The van der Waals surface area contributed by atoms with Crippen molar-refractivity contribution in [2.24, 2.45) is 0 Å². The summed E-state index contributed by atoms with van der Waals surface area (Å²) in [4.78, 5) is 29.5. The smallest absolute Gasteiger partial charge is 0.311 e. The van der Waals surface area contributed by atoms with Crippen LogP contribution < -0.4 is 5.32 Å². The fourth-order valence-electron chi connectivity index (χ4n) is 2.81. The Balaban J connectivity index is 1.60. The van der Waals surface area contributed by atoms with Gasteiger partial charge in [-0.3, -0.25) is 9.59 Å². The number of esters is 1. The van der Waals surface area contributed by atoms with E-state index in [4.69, 9.17) is 4.74 Å². The molecular weight excluding hydrogens is 454 g/mol. The minimum absolute atomic E-state index is 0.0974. The Morgan fingerprint density at radius 2 is 2.03 bits per heavy atom. The zero-order valence-corrected chi connectivity index (χ0v) is 20.2. The average molecular weight is 480 g/mol. The van der Waals surface area contributed by atoms with Crippen LogP contribution in [0, 0.1) is 0 Å². The van der Waals surface area contributed by atoms with Gasteiger partial charge in [-0.2, -0.15) is 0 Å². The van der Waals surface area contributed by atoms with E-state index in [1.54, 1.807) is 23.6 Å². The van der Waals surface area contributed by atoms with Gasteiger partial charge in [0, 0.05) is 27.7 Å². The zero-order chi connectivity index (χ0) is 22.2. The van der Waals surface area contributed by atoms with Crippen molar-refractivity contribution in [1.29, 1.82) is 0 Å². The number of carbonyl (C=O) groups excluding carboxylic acids is 2. The molecule has 0 atom stereocenters. The molecule has 0 aromatic carbocycles. The summed E-state index contributed by atoms with van der Waals surface area (Å²) in [6.45, 7) is 7.11. The molecule has 0 saturated carbocycles. The second-order valence-electron chi connectivity index (χ2n) is 6.58. The number of ether oxygens (including phenoxy) is 1. The van der Waals surface area contributed by atoms with E-state index < -0.39 is 0 Å². The number of rotatable bonds is 11. The van der Waals surface area contributed by atoms with Gasteiger partial charge in [-0.25, -0.2) is 4.98 Å². The first-order chi connectivity index (χ1) is 15.0. The van der Waals surface area contributed by atoms with Gasteiger partial charge in [0.15, 0.2) is 16.1 Å². The summed E-state index contributed by atoms with van der Waals surface area (Å²) in [5, 5.41) is 16.5. The number of amides is 1. The molecule has 1 amide bonds. The number of carbonyl (C=O) groups is 2. The third-order valence-corrected chi connectivity index (χ3v) is 7.04. The van der Waals surface area contributed by atoms with Crippen LogP contribution in [0.25, 0.3) is 11.4 Å². The van der Waals surface area contributed by atoms with Gasteiger partial charge in [-0.05, 0) is 25.8 Å². The van der Waals surface area contributed by atoms with Crippen molar-refractivity contribution in [2.45, 2.75) is 51.7 Å². The van der Waals surface area contributed by atoms with E-state index in [-0.39, 0.29) is 24.1 Å². The van der Waals surface area contributed by atoms with Crippen molar-refractivity contribution in [2.75, 3.05) is 17.7 Å². The monoisotopic (exact) mass is 479 g/mol. The topological polar surface area (TPSA) is 99.0 Å². The molecule has 0 radical (unpaired) electrons. The summed E-state index contributed by atoms with van der Waals surface area (Å²) in [6.07, 6.45) is 2.03. The molecule has 31 heavy (non-hydrogen) atoms. The molecule has 0 spiro atoms. The van der Waals surface area contributed by atoms with E-state index >= 15 is 0 Å². The minimum atomic E-state index is -0.330. The molecule has 3 rings (SSSR count). The molecule has 0 unspecified atom stereocenters. The fourth-order valence-corrected chi connectivity index (χ4v) is 5.11. The maximum Gasteiger partial charge on any atom is 0.311 e. The van der Waals surface area contributed by atoms with Crippen LogP contribution in [0.3, 0.4) is 0 Å². The average Bonchev–Trinajstić information content (AvgIpc) is 3.47. The summed E-state index contributed by atoms with van der Waals surface area (Å²) in [7, 11) is 0. The molecule has 3 heterocycles. The lowest BCUT2D eigenvalue weighted by atomic mass is 10.2. The molecule has 0 bridgehead atoms. The predicted molar refractivity (Wildman–Crippen MR) is 125 cm³/mol. The molecule has 0 aliphatic rings. The number of hydrogen-bond donors (Lipinski definition) is 1. The van der Waals surface area contributed by atoms with Crippen molar-refractivity contribution in [3.05, 3.63) is 27.4 Å². The highest BCUT2D eigenvalue weighted by Crippen LogP contribution is 2.28. The van der Waals surface area contributed by atoms with Gasteiger partial charge in [0.1, 0.15) is 0 Å². The lowest BCUT2D eigenvalue weighted by molar-refractivity contribution is -0.142. The van der Waals surface area contributed by atoms with Gasteiger partial charge < -0.3 is 14.6 Å². The molecule has 8 nitrogen and oxygen atoms in total. The van der Waals surface area contributed by atoms with Gasteiger partial charge in [0.05, 0.1) is 24.5 Å². The number of nitrogens with zero attached hydrogens (tertiary/aromatic N) is 4. The predicted octanol–water partition coefficient (Wildman–Crippen LogP) is 4.27. The Morgan fingerprint density at radius 3 is 2.74 bits per heavy atom. The van der Waals surface area contributed by atoms with E-state index in [9.17, 15) is 9.59 Å². The standard InChI is InChI=1S/C20H25N5O3S3/c1-4-7-25-18(13-8-15(5-2)29-10-13)23-24-20(25)31-12-16(26)22-19-21-14(11-30-19)9-17(27)28-6-3/h8,10-11H,4-7,9,12H2,1-3H3,(H,21,22,26). The molecule has 3 aromatic rings. The Bertz CT molecular complexity index is 1030. The van der Waals surface area contributed by atoms with E-state index in [1.807, 2.05) is 0 Å². The van der Waals surface area contributed by atoms with Gasteiger partial charge in [0.25, 0.3) is 0 Å². The minimum Gasteiger partial charge on any atom is -0.466 e. The molecule has 3 aromatic heterocycles. The fraction of sp³-hybridized carbons (Fsp3) is 0.450. The molecular formula is C20H25N5O3S3. The van der Waals surface area contributed by atoms with Gasteiger partial charge in [-0.1, -0.05) is 25.6 Å². The number of thiophene rings is 1. The maximum absolute atomic E-state index is 12.4. The number of aryl methyl sites for hydroxylation is 1. The quantitative estimate of drug-likeness (QED) is 0.324. The number of anilines is 1. The van der Waals surface area contributed by atoms with Gasteiger partial charge >= 0.3 is 5.97 Å². The number of thiazole rings is 1. The first-order valence-electron chi connectivity index (χ1n) is 10.1. The SMILES string of the molecule is CCCn1c(SCC(=O)Nc2nc(CC(=O)OCC)cs2)nnc1-c1csc(CC)c1. The maximum atomic E-state index is 12.4. The summed E-state index contributed by atoms with van der Waals surface area (Å²) in [6, 6.07) is 2.15. The summed E-state index contributed by atoms with van der Waals surface area (Å²) in [5.41, 5.74) is 1.65. The summed E-state index contributed by atoms with van der Waals surface area (Å²) in [5.74, 6) is 0.519. The van der Waals surface area contributed by atoms with E-state index in [0.29, 0.717) is 17.4 Å². The molecule has 0 aliphatic heterocycles. The highest BCUT2D eigenvalue weighted by Gasteiger charge is 2.17. The lowest BCUT2D eigenvalue weighted by Crippen LogP contribution is -2.15. The first kappa shape index (κ1) is 23.4. The normalized spacial score (nSPS) is 10.9. The van der Waals surface area contributed by atoms with Crippen LogP contribution in [-0.4, -0.2) is 44.0 Å². The Hall–Kier alpha value is -2.24. The lowest BCUT2D eigenvalue weighted by Gasteiger charge is -2.07. The zero-order valence-electron chi connectivity index (χ0n) is 17.7. The van der Waals surface area contributed by atoms with Crippen LogP contribution in [0.1, 0.15) is 37.8 Å². The van der Waals surface area contributed by atoms with Crippen LogP contribution in [0.15, 0.2) is 22.0 Å². The Morgan fingerprint density at radius 1 is 1.19 bits per heavy atom. The number of hydrogen-bond acceptors (Lipinski definition) is 9. The van der Waals surface area contributed by atoms with Crippen molar-refractivity contribution in [3.63, 3.8) is 0 Å². The third-order valence-electron chi connectivity index (χ3n) is 4.19. The van der Waals surface area contributed by atoms with Crippen molar-refractivity contribution in [3.8, 4) is 11.4 Å². The molecule has 11 heteroatoms. The molecule has 166 valence electrons. The molecule has 1 N–H and O–H groups in total. The van der Waals surface area contributed by atoms with Crippen LogP contribution in [-0.2, 0) is 33.7 Å². The molecule has 0 aliphatic carbocycles. The summed E-state index contributed by atoms with van der Waals surface area (Å²) >= 11 is 4.36. The van der Waals surface area contributed by atoms with Crippen LogP contribution in [0.5, 0.6) is 0 Å². The van der Waals surface area contributed by atoms with Crippen LogP contribution >= 0.6 is 34.4 Å². The van der Waals surface area contributed by atoms with Gasteiger partial charge in [-0.15, -0.1) is 32.9 Å². The highest BCUT2D eigenvalue weighted by molar-refractivity contribution is 7.99. The van der Waals surface area contributed by atoms with Crippen molar-refractivity contribution < 1.29 is 14.3 Å². The first-order valence-corrected chi connectivity index (χ1v) is 12.8. The summed E-state index contributed by atoms with van der Waals surface area (Å²) < 4.78 is 6.99. The van der Waals surface area contributed by atoms with E-state index in [0.717, 1.165) is 35.9 Å². The van der Waals surface area contributed by atoms with E-state index in [1.165, 1.54) is 28.0 Å². The Kier molecular flexibility index (Phi) is 8.61. The number of nitrogens with one attached hydrogen (secondary N) is 1. The Labute approximate surface area is 193 Å². The van der Waals surface area contributed by atoms with E-state index in [2.05, 4.69) is 50.4 Å². The molecule has 0 saturated heterocycles.